The monoisotopic (exact) mass is 231 g/mol. The Labute approximate surface area is 101 Å². The Morgan fingerprint density at radius 3 is 2.06 bits per heavy atom. The highest BCUT2D eigenvalue weighted by Gasteiger charge is 2.34. The predicted octanol–water partition coefficient (Wildman–Crippen LogP) is 2.84. The van der Waals surface area contributed by atoms with E-state index < -0.39 is 5.60 Å². The van der Waals surface area contributed by atoms with Crippen LogP contribution in [-0.2, 0) is 4.84 Å². The maximum absolute atomic E-state index is 10.3. The minimum Gasteiger partial charge on any atom is -0.390 e. The van der Waals surface area contributed by atoms with Gasteiger partial charge in [-0.25, -0.2) is 0 Å². The summed E-state index contributed by atoms with van der Waals surface area (Å²) in [7, 11) is 3.60. The molecule has 0 bridgehead atoms. The number of hydroxylamine groups is 2. The summed E-state index contributed by atoms with van der Waals surface area (Å²) < 4.78 is 0. The molecule has 0 saturated heterocycles. The minimum atomic E-state index is -0.612. The minimum absolute atomic E-state index is 0.0858. The molecule has 0 aromatic heterocycles. The van der Waals surface area contributed by atoms with E-state index in [1.54, 1.807) is 7.11 Å². The van der Waals surface area contributed by atoms with E-state index in [0.717, 1.165) is 19.3 Å². The van der Waals surface area contributed by atoms with Crippen molar-refractivity contribution in [3.63, 3.8) is 0 Å². The standard InChI is InChI=1S/C13H29NO2/c1-8-9-13(5,15)10-11(12(2,3)4)14(6)16-7/h11,15H,8-10H2,1-7H3. The molecule has 0 aliphatic carbocycles. The van der Waals surface area contributed by atoms with Crippen molar-refractivity contribution in [2.75, 3.05) is 14.2 Å². The average Bonchev–Trinajstić information content (AvgIpc) is 2.11. The number of nitrogens with zero attached hydrogens (tertiary/aromatic N) is 1. The molecule has 0 saturated carbocycles. The molecule has 2 unspecified atom stereocenters. The highest BCUT2D eigenvalue weighted by molar-refractivity contribution is 4.86. The lowest BCUT2D eigenvalue weighted by Crippen LogP contribution is -2.46. The first kappa shape index (κ1) is 15.9. The molecule has 0 aliphatic rings. The van der Waals surface area contributed by atoms with Crippen LogP contribution in [0.3, 0.4) is 0 Å². The normalized spacial score (nSPS) is 18.6. The first-order valence-corrected chi connectivity index (χ1v) is 6.13. The van der Waals surface area contributed by atoms with Gasteiger partial charge in [0.05, 0.1) is 12.7 Å². The van der Waals surface area contributed by atoms with Crippen molar-refractivity contribution in [3.05, 3.63) is 0 Å². The highest BCUT2D eigenvalue weighted by atomic mass is 16.7. The van der Waals surface area contributed by atoms with Gasteiger partial charge in [0.25, 0.3) is 0 Å². The number of hydrogen-bond acceptors (Lipinski definition) is 3. The zero-order chi connectivity index (χ0) is 13.0. The second-order valence-electron chi connectivity index (χ2n) is 6.06. The average molecular weight is 231 g/mol. The molecular formula is C13H29NO2. The molecular weight excluding hydrogens is 202 g/mol. The summed E-state index contributed by atoms with van der Waals surface area (Å²) in [5.41, 5.74) is -0.526. The van der Waals surface area contributed by atoms with Gasteiger partial charge in [0.2, 0.25) is 0 Å². The summed E-state index contributed by atoms with van der Waals surface area (Å²) in [5.74, 6) is 0. The van der Waals surface area contributed by atoms with Gasteiger partial charge in [-0.05, 0) is 25.2 Å². The van der Waals surface area contributed by atoms with E-state index in [1.165, 1.54) is 0 Å². The number of rotatable bonds is 6. The second-order valence-corrected chi connectivity index (χ2v) is 6.06. The van der Waals surface area contributed by atoms with Crippen molar-refractivity contribution in [2.24, 2.45) is 5.41 Å². The lowest BCUT2D eigenvalue weighted by atomic mass is 9.79. The van der Waals surface area contributed by atoms with Crippen LogP contribution in [0.5, 0.6) is 0 Å². The van der Waals surface area contributed by atoms with E-state index >= 15 is 0 Å². The lowest BCUT2D eigenvalue weighted by molar-refractivity contribution is -0.179. The smallest absolute Gasteiger partial charge is 0.0635 e. The maximum atomic E-state index is 10.3. The first-order chi connectivity index (χ1) is 7.14. The molecule has 0 aromatic carbocycles. The van der Waals surface area contributed by atoms with Crippen LogP contribution >= 0.6 is 0 Å². The van der Waals surface area contributed by atoms with Crippen LogP contribution in [-0.4, -0.2) is 36.0 Å². The zero-order valence-electron chi connectivity index (χ0n) is 12.0. The van der Waals surface area contributed by atoms with Crippen LogP contribution in [0, 0.1) is 5.41 Å². The van der Waals surface area contributed by atoms with E-state index in [-0.39, 0.29) is 11.5 Å². The van der Waals surface area contributed by atoms with Crippen LogP contribution in [0.15, 0.2) is 0 Å². The van der Waals surface area contributed by atoms with Crippen LogP contribution in [0.25, 0.3) is 0 Å². The summed E-state index contributed by atoms with van der Waals surface area (Å²) in [5, 5.41) is 12.2. The van der Waals surface area contributed by atoms with Crippen molar-refractivity contribution >= 4 is 0 Å². The van der Waals surface area contributed by atoms with Gasteiger partial charge in [0.1, 0.15) is 0 Å². The Hall–Kier alpha value is -0.120. The van der Waals surface area contributed by atoms with E-state index in [9.17, 15) is 5.11 Å². The summed E-state index contributed by atoms with van der Waals surface area (Å²) in [4.78, 5) is 5.29. The summed E-state index contributed by atoms with van der Waals surface area (Å²) >= 11 is 0. The van der Waals surface area contributed by atoms with Gasteiger partial charge >= 0.3 is 0 Å². The lowest BCUT2D eigenvalue weighted by Gasteiger charge is -2.40. The molecule has 3 heteroatoms. The highest BCUT2D eigenvalue weighted by Crippen LogP contribution is 2.31. The first-order valence-electron chi connectivity index (χ1n) is 6.13. The molecule has 3 nitrogen and oxygen atoms in total. The van der Waals surface area contributed by atoms with Crippen molar-refractivity contribution in [2.45, 2.75) is 65.5 Å². The Bertz CT molecular complexity index is 197. The molecule has 0 aromatic rings. The van der Waals surface area contributed by atoms with Gasteiger partial charge < -0.3 is 9.94 Å². The molecule has 16 heavy (non-hydrogen) atoms. The predicted molar refractivity (Wildman–Crippen MR) is 68.2 cm³/mol. The third kappa shape index (κ3) is 5.28. The number of hydrogen-bond donors (Lipinski definition) is 1. The summed E-state index contributed by atoms with van der Waals surface area (Å²) in [6, 6.07) is 0.207. The molecule has 1 N–H and O–H groups in total. The Morgan fingerprint density at radius 2 is 1.75 bits per heavy atom. The van der Waals surface area contributed by atoms with Crippen LogP contribution in [0.1, 0.15) is 53.9 Å². The van der Waals surface area contributed by atoms with Gasteiger partial charge in [0.15, 0.2) is 0 Å². The van der Waals surface area contributed by atoms with Crippen LogP contribution in [0.2, 0.25) is 0 Å². The zero-order valence-corrected chi connectivity index (χ0v) is 12.0. The Balaban J connectivity index is 4.68. The van der Waals surface area contributed by atoms with Crippen molar-refractivity contribution < 1.29 is 9.94 Å². The molecule has 0 fully saturated rings. The largest absolute Gasteiger partial charge is 0.390 e. The van der Waals surface area contributed by atoms with Crippen molar-refractivity contribution in [1.82, 2.24) is 5.06 Å². The molecule has 0 heterocycles. The van der Waals surface area contributed by atoms with E-state index in [2.05, 4.69) is 27.7 Å². The topological polar surface area (TPSA) is 32.7 Å². The van der Waals surface area contributed by atoms with Crippen molar-refractivity contribution in [3.8, 4) is 0 Å². The SMILES string of the molecule is CCCC(C)(O)CC(N(C)OC)C(C)(C)C. The summed E-state index contributed by atoms with van der Waals surface area (Å²) in [6.45, 7) is 10.5. The fourth-order valence-corrected chi connectivity index (χ4v) is 2.16. The number of aliphatic hydroxyl groups is 1. The molecule has 0 radical (unpaired) electrons. The third-order valence-electron chi connectivity index (χ3n) is 3.15. The second kappa shape index (κ2) is 5.99. The van der Waals surface area contributed by atoms with Gasteiger partial charge in [0, 0.05) is 13.1 Å². The third-order valence-corrected chi connectivity index (χ3v) is 3.15. The van der Waals surface area contributed by atoms with Gasteiger partial charge in [-0.1, -0.05) is 34.1 Å². The molecule has 0 rings (SSSR count). The van der Waals surface area contributed by atoms with Crippen LogP contribution in [0.4, 0.5) is 0 Å². The fourth-order valence-electron chi connectivity index (χ4n) is 2.16. The quantitative estimate of drug-likeness (QED) is 0.714. The van der Waals surface area contributed by atoms with E-state index in [1.807, 2.05) is 19.0 Å². The summed E-state index contributed by atoms with van der Waals surface area (Å²) in [6.07, 6.45) is 2.56. The van der Waals surface area contributed by atoms with Crippen LogP contribution < -0.4 is 0 Å². The molecule has 0 aliphatic heterocycles. The van der Waals surface area contributed by atoms with E-state index in [4.69, 9.17) is 4.84 Å². The molecule has 0 spiro atoms. The van der Waals surface area contributed by atoms with E-state index in [0.29, 0.717) is 0 Å². The van der Waals surface area contributed by atoms with Gasteiger partial charge in [-0.15, -0.1) is 0 Å². The fraction of sp³-hybridized carbons (Fsp3) is 1.00. The Kier molecular flexibility index (Phi) is 5.94. The maximum Gasteiger partial charge on any atom is 0.0635 e. The molecule has 2 atom stereocenters. The molecule has 98 valence electrons. The molecule has 0 amide bonds. The van der Waals surface area contributed by atoms with Gasteiger partial charge in [-0.3, -0.25) is 0 Å². The van der Waals surface area contributed by atoms with Crippen molar-refractivity contribution in [1.29, 1.82) is 0 Å². The Morgan fingerprint density at radius 1 is 1.25 bits per heavy atom. The van der Waals surface area contributed by atoms with Gasteiger partial charge in [-0.2, -0.15) is 5.06 Å².